The van der Waals surface area contributed by atoms with Crippen LogP contribution in [-0.2, 0) is 24.0 Å². The molecule has 1 saturated heterocycles. The Balaban J connectivity index is 2.68. The minimum atomic E-state index is -1.38. The van der Waals surface area contributed by atoms with Gasteiger partial charge < -0.3 is 31.5 Å². The third kappa shape index (κ3) is 8.76. The first-order chi connectivity index (χ1) is 14.0. The lowest BCUT2D eigenvalue weighted by Gasteiger charge is -2.24. The van der Waals surface area contributed by atoms with E-state index in [-0.39, 0.29) is 24.3 Å². The van der Waals surface area contributed by atoms with E-state index in [1.807, 2.05) is 13.8 Å². The van der Waals surface area contributed by atoms with Crippen LogP contribution in [0.2, 0.25) is 0 Å². The van der Waals surface area contributed by atoms with E-state index in [0.717, 1.165) is 13.0 Å². The molecule has 0 spiro atoms. The molecule has 4 unspecified atom stereocenters. The van der Waals surface area contributed by atoms with Crippen molar-refractivity contribution in [3.05, 3.63) is 0 Å². The van der Waals surface area contributed by atoms with E-state index in [1.165, 1.54) is 6.92 Å². The van der Waals surface area contributed by atoms with Crippen molar-refractivity contribution in [2.24, 2.45) is 5.92 Å². The van der Waals surface area contributed by atoms with Gasteiger partial charge in [0.25, 0.3) is 0 Å². The van der Waals surface area contributed by atoms with E-state index < -0.39 is 48.3 Å². The lowest BCUT2D eigenvalue weighted by atomic mass is 10.0. The number of hydrogen-bond acceptors (Lipinski definition) is 6. The molecule has 11 heteroatoms. The fraction of sp³-hybridized carbons (Fsp3) is 0.737. The van der Waals surface area contributed by atoms with Gasteiger partial charge in [0.2, 0.25) is 17.7 Å². The number of carboxylic acids is 2. The zero-order chi connectivity index (χ0) is 22.8. The average molecular weight is 428 g/mol. The SMILES string of the molecule is CC(C)CC(NC(=O)C1CCCN1)C(=O)NC(C)C(=O)NC(CCC(=O)O)C(=O)O. The molecule has 1 fully saturated rings. The maximum absolute atomic E-state index is 12.7. The first-order valence-corrected chi connectivity index (χ1v) is 10.1. The number of carbonyl (C=O) groups is 5. The summed E-state index contributed by atoms with van der Waals surface area (Å²) in [6.45, 7) is 5.92. The first kappa shape index (κ1) is 25.3. The molecule has 11 nitrogen and oxygen atoms in total. The molecule has 0 aromatic carbocycles. The van der Waals surface area contributed by atoms with Gasteiger partial charge in [0.1, 0.15) is 18.1 Å². The molecule has 0 aromatic rings. The third-order valence-electron chi connectivity index (χ3n) is 4.73. The molecule has 6 N–H and O–H groups in total. The highest BCUT2D eigenvalue weighted by atomic mass is 16.4. The number of carboxylic acid groups (broad SMARTS) is 2. The summed E-state index contributed by atoms with van der Waals surface area (Å²) in [5.74, 6) is -4.01. The molecular weight excluding hydrogens is 396 g/mol. The largest absolute Gasteiger partial charge is 0.481 e. The number of carbonyl (C=O) groups excluding carboxylic acids is 3. The summed E-state index contributed by atoms with van der Waals surface area (Å²) in [7, 11) is 0. The van der Waals surface area contributed by atoms with E-state index in [2.05, 4.69) is 21.3 Å². The fourth-order valence-corrected chi connectivity index (χ4v) is 3.09. The van der Waals surface area contributed by atoms with Crippen LogP contribution in [0.4, 0.5) is 0 Å². The van der Waals surface area contributed by atoms with Crippen LogP contribution in [-0.4, -0.2) is 70.6 Å². The molecule has 1 aliphatic heterocycles. The number of nitrogens with one attached hydrogen (secondary N) is 4. The highest BCUT2D eigenvalue weighted by Crippen LogP contribution is 2.09. The van der Waals surface area contributed by atoms with Crippen LogP contribution in [0.15, 0.2) is 0 Å². The minimum absolute atomic E-state index is 0.106. The highest BCUT2D eigenvalue weighted by Gasteiger charge is 2.30. The minimum Gasteiger partial charge on any atom is -0.481 e. The second-order valence-corrected chi connectivity index (χ2v) is 7.90. The summed E-state index contributed by atoms with van der Waals surface area (Å²) in [5.41, 5.74) is 0. The number of amides is 3. The monoisotopic (exact) mass is 428 g/mol. The zero-order valence-corrected chi connectivity index (χ0v) is 17.6. The Morgan fingerprint density at radius 2 is 1.63 bits per heavy atom. The maximum Gasteiger partial charge on any atom is 0.326 e. The molecule has 1 rings (SSSR count). The van der Waals surface area contributed by atoms with Crippen LogP contribution in [0.5, 0.6) is 0 Å². The normalized spacial score (nSPS) is 18.9. The molecule has 0 saturated carbocycles. The molecule has 0 bridgehead atoms. The van der Waals surface area contributed by atoms with E-state index >= 15 is 0 Å². The number of hydrogen-bond donors (Lipinski definition) is 6. The fourth-order valence-electron chi connectivity index (χ4n) is 3.09. The Labute approximate surface area is 175 Å². The lowest BCUT2D eigenvalue weighted by Crippen LogP contribution is -2.56. The molecule has 170 valence electrons. The van der Waals surface area contributed by atoms with Crippen molar-refractivity contribution in [3.8, 4) is 0 Å². The molecule has 1 aliphatic rings. The van der Waals surface area contributed by atoms with Gasteiger partial charge in [0.05, 0.1) is 6.04 Å². The predicted molar refractivity (Wildman–Crippen MR) is 106 cm³/mol. The van der Waals surface area contributed by atoms with Gasteiger partial charge in [-0.2, -0.15) is 0 Å². The van der Waals surface area contributed by atoms with Crippen LogP contribution >= 0.6 is 0 Å². The maximum atomic E-state index is 12.7. The van der Waals surface area contributed by atoms with Crippen LogP contribution in [0, 0.1) is 5.92 Å². The summed E-state index contributed by atoms with van der Waals surface area (Å²) < 4.78 is 0. The summed E-state index contributed by atoms with van der Waals surface area (Å²) in [5, 5.41) is 28.3. The van der Waals surface area contributed by atoms with E-state index in [9.17, 15) is 24.0 Å². The molecule has 0 aromatic heterocycles. The molecule has 30 heavy (non-hydrogen) atoms. The Kier molecular flexibility index (Phi) is 10.2. The lowest BCUT2D eigenvalue weighted by molar-refractivity contribution is -0.143. The second-order valence-electron chi connectivity index (χ2n) is 7.90. The van der Waals surface area contributed by atoms with Crippen molar-refractivity contribution in [2.75, 3.05) is 6.54 Å². The van der Waals surface area contributed by atoms with Crippen molar-refractivity contribution in [3.63, 3.8) is 0 Å². The molecule has 1 heterocycles. The molecule has 0 radical (unpaired) electrons. The quantitative estimate of drug-likeness (QED) is 0.234. The average Bonchev–Trinajstić information content (AvgIpc) is 3.18. The van der Waals surface area contributed by atoms with Crippen molar-refractivity contribution < 1.29 is 34.2 Å². The van der Waals surface area contributed by atoms with Crippen LogP contribution in [0.25, 0.3) is 0 Å². The van der Waals surface area contributed by atoms with Gasteiger partial charge >= 0.3 is 11.9 Å². The van der Waals surface area contributed by atoms with Crippen LogP contribution < -0.4 is 21.3 Å². The molecule has 4 atom stereocenters. The standard InChI is InChI=1S/C19H32N4O7/c1-10(2)9-14(23-17(27)12-5-4-8-20-12)18(28)21-11(3)16(26)22-13(19(29)30)6-7-15(24)25/h10-14,20H,4-9H2,1-3H3,(H,21,28)(H,22,26)(H,23,27)(H,24,25)(H,29,30). The Bertz CT molecular complexity index is 647. The summed E-state index contributed by atoms with van der Waals surface area (Å²) >= 11 is 0. The summed E-state index contributed by atoms with van der Waals surface area (Å²) in [4.78, 5) is 59.2. The van der Waals surface area contributed by atoms with Crippen LogP contribution in [0.3, 0.4) is 0 Å². The van der Waals surface area contributed by atoms with E-state index in [0.29, 0.717) is 12.8 Å². The van der Waals surface area contributed by atoms with Crippen molar-refractivity contribution >= 4 is 29.7 Å². The van der Waals surface area contributed by atoms with Crippen molar-refractivity contribution in [1.29, 1.82) is 0 Å². The Morgan fingerprint density at radius 3 is 2.13 bits per heavy atom. The molecule has 3 amide bonds. The van der Waals surface area contributed by atoms with Gasteiger partial charge in [0, 0.05) is 6.42 Å². The molecule has 0 aliphatic carbocycles. The van der Waals surface area contributed by atoms with Gasteiger partial charge in [0.15, 0.2) is 0 Å². The smallest absolute Gasteiger partial charge is 0.326 e. The van der Waals surface area contributed by atoms with E-state index in [1.54, 1.807) is 0 Å². The Morgan fingerprint density at radius 1 is 0.967 bits per heavy atom. The summed E-state index contributed by atoms with van der Waals surface area (Å²) in [6, 6.07) is -3.64. The Hall–Kier alpha value is -2.69. The highest BCUT2D eigenvalue weighted by molar-refractivity contribution is 5.94. The number of aliphatic carboxylic acids is 2. The zero-order valence-electron chi connectivity index (χ0n) is 17.6. The summed E-state index contributed by atoms with van der Waals surface area (Å²) in [6.07, 6.45) is 1.23. The second kappa shape index (κ2) is 12.1. The van der Waals surface area contributed by atoms with Gasteiger partial charge in [-0.1, -0.05) is 13.8 Å². The third-order valence-corrected chi connectivity index (χ3v) is 4.73. The first-order valence-electron chi connectivity index (χ1n) is 10.1. The van der Waals surface area contributed by atoms with Crippen molar-refractivity contribution in [2.45, 2.75) is 77.0 Å². The van der Waals surface area contributed by atoms with E-state index in [4.69, 9.17) is 10.2 Å². The number of rotatable bonds is 12. The van der Waals surface area contributed by atoms with Gasteiger partial charge in [-0.3, -0.25) is 19.2 Å². The van der Waals surface area contributed by atoms with Crippen LogP contribution in [0.1, 0.15) is 52.9 Å². The molecular formula is C19H32N4O7. The van der Waals surface area contributed by atoms with Gasteiger partial charge in [-0.25, -0.2) is 4.79 Å². The van der Waals surface area contributed by atoms with Gasteiger partial charge in [-0.15, -0.1) is 0 Å². The predicted octanol–water partition coefficient (Wildman–Crippen LogP) is -0.792. The topological polar surface area (TPSA) is 174 Å². The van der Waals surface area contributed by atoms with Crippen molar-refractivity contribution in [1.82, 2.24) is 21.3 Å². The van der Waals surface area contributed by atoms with Gasteiger partial charge in [-0.05, 0) is 45.1 Å².